The van der Waals surface area contributed by atoms with E-state index in [1.807, 2.05) is 31.2 Å². The van der Waals surface area contributed by atoms with Crippen LogP contribution in [-0.4, -0.2) is 56.7 Å². The van der Waals surface area contributed by atoms with Gasteiger partial charge in [-0.15, -0.1) is 0 Å². The molecule has 0 aromatic heterocycles. The molecule has 1 saturated heterocycles. The molecule has 0 saturated carbocycles. The maximum absolute atomic E-state index is 12.4. The van der Waals surface area contributed by atoms with Crippen LogP contribution in [0.15, 0.2) is 24.3 Å². The minimum absolute atomic E-state index is 0.111. The lowest BCUT2D eigenvalue weighted by molar-refractivity contribution is -0.126. The molecular formula is C17H27N3O4S. The van der Waals surface area contributed by atoms with Gasteiger partial charge in [-0.05, 0) is 37.5 Å². The Morgan fingerprint density at radius 3 is 2.84 bits per heavy atom. The molecule has 1 aliphatic heterocycles. The highest BCUT2D eigenvalue weighted by atomic mass is 32.2. The zero-order valence-electron chi connectivity index (χ0n) is 15.1. The Kier molecular flexibility index (Phi) is 6.80. The van der Waals surface area contributed by atoms with Crippen LogP contribution < -0.4 is 10.1 Å². The summed E-state index contributed by atoms with van der Waals surface area (Å²) in [4.78, 5) is 12.4. The molecule has 2 rings (SSSR count). The fourth-order valence-electron chi connectivity index (χ4n) is 2.84. The number of nitrogens with one attached hydrogen (secondary N) is 1. The zero-order chi connectivity index (χ0) is 18.4. The van der Waals surface area contributed by atoms with E-state index in [4.69, 9.17) is 4.74 Å². The quantitative estimate of drug-likeness (QED) is 0.784. The summed E-state index contributed by atoms with van der Waals surface area (Å²) < 4.78 is 32.5. The van der Waals surface area contributed by atoms with Gasteiger partial charge in [0.25, 0.3) is 10.2 Å². The van der Waals surface area contributed by atoms with Gasteiger partial charge in [-0.1, -0.05) is 12.1 Å². The smallest absolute Gasteiger partial charge is 0.281 e. The third kappa shape index (κ3) is 5.17. The second-order valence-corrected chi connectivity index (χ2v) is 8.43. The maximum Gasteiger partial charge on any atom is 0.281 e. The predicted molar refractivity (Wildman–Crippen MR) is 96.4 cm³/mol. The number of carbonyl (C=O) groups is 1. The van der Waals surface area contributed by atoms with Gasteiger partial charge in [0.15, 0.2) is 0 Å². The summed E-state index contributed by atoms with van der Waals surface area (Å²) >= 11 is 0. The lowest BCUT2D eigenvalue weighted by Gasteiger charge is -2.32. The largest absolute Gasteiger partial charge is 0.494 e. The summed E-state index contributed by atoms with van der Waals surface area (Å²) in [5.74, 6) is 0.342. The van der Waals surface area contributed by atoms with Crippen molar-refractivity contribution in [1.29, 1.82) is 0 Å². The van der Waals surface area contributed by atoms with Crippen molar-refractivity contribution in [2.45, 2.75) is 26.3 Å². The molecule has 140 valence electrons. The first-order valence-electron chi connectivity index (χ1n) is 8.51. The number of ether oxygens (including phenoxy) is 1. The van der Waals surface area contributed by atoms with Crippen LogP contribution in [0.5, 0.6) is 5.75 Å². The molecule has 1 fully saturated rings. The van der Waals surface area contributed by atoms with Crippen molar-refractivity contribution < 1.29 is 17.9 Å². The summed E-state index contributed by atoms with van der Waals surface area (Å²) in [6.45, 7) is 3.60. The minimum Gasteiger partial charge on any atom is -0.494 e. The first-order valence-corrected chi connectivity index (χ1v) is 9.91. The van der Waals surface area contributed by atoms with E-state index in [1.165, 1.54) is 22.7 Å². The van der Waals surface area contributed by atoms with Crippen molar-refractivity contribution in [3.8, 4) is 5.75 Å². The van der Waals surface area contributed by atoms with Crippen LogP contribution in [0.2, 0.25) is 0 Å². The molecule has 1 unspecified atom stereocenters. The van der Waals surface area contributed by atoms with Crippen LogP contribution in [0.1, 0.15) is 25.3 Å². The lowest BCUT2D eigenvalue weighted by Crippen LogP contribution is -2.48. The Morgan fingerprint density at radius 1 is 1.40 bits per heavy atom. The van der Waals surface area contributed by atoms with E-state index in [0.717, 1.165) is 11.3 Å². The van der Waals surface area contributed by atoms with E-state index in [2.05, 4.69) is 5.32 Å². The Hall–Kier alpha value is -1.64. The maximum atomic E-state index is 12.4. The van der Waals surface area contributed by atoms with E-state index in [0.29, 0.717) is 32.5 Å². The molecule has 0 bridgehead atoms. The van der Waals surface area contributed by atoms with Crippen molar-refractivity contribution in [3.63, 3.8) is 0 Å². The van der Waals surface area contributed by atoms with Crippen molar-refractivity contribution in [2.75, 3.05) is 33.8 Å². The highest BCUT2D eigenvalue weighted by Crippen LogP contribution is 2.21. The summed E-state index contributed by atoms with van der Waals surface area (Å²) in [5, 5.41) is 2.91. The molecule has 1 aliphatic rings. The number of hydrogen-bond acceptors (Lipinski definition) is 4. The number of hydrogen-bond donors (Lipinski definition) is 1. The molecule has 0 radical (unpaired) electrons. The van der Waals surface area contributed by atoms with Crippen LogP contribution in [0, 0.1) is 5.92 Å². The lowest BCUT2D eigenvalue weighted by atomic mass is 9.99. The summed E-state index contributed by atoms with van der Waals surface area (Å²) in [5.41, 5.74) is 0.952. The van der Waals surface area contributed by atoms with Crippen molar-refractivity contribution in [3.05, 3.63) is 29.8 Å². The fourth-order valence-corrected chi connectivity index (χ4v) is 4.03. The van der Waals surface area contributed by atoms with E-state index in [1.54, 1.807) is 0 Å². The number of carbonyl (C=O) groups excluding carboxylic acids is 1. The average molecular weight is 369 g/mol. The Bertz CT molecular complexity index is 691. The molecule has 1 atom stereocenters. The van der Waals surface area contributed by atoms with Gasteiger partial charge >= 0.3 is 0 Å². The van der Waals surface area contributed by atoms with Gasteiger partial charge in [0.05, 0.1) is 12.5 Å². The van der Waals surface area contributed by atoms with Gasteiger partial charge in [-0.3, -0.25) is 4.79 Å². The topological polar surface area (TPSA) is 79.0 Å². The number of benzene rings is 1. The van der Waals surface area contributed by atoms with Crippen molar-refractivity contribution in [1.82, 2.24) is 13.9 Å². The van der Waals surface area contributed by atoms with Crippen LogP contribution >= 0.6 is 0 Å². The molecule has 8 heteroatoms. The number of rotatable bonds is 7. The van der Waals surface area contributed by atoms with E-state index in [-0.39, 0.29) is 18.4 Å². The van der Waals surface area contributed by atoms with Gasteiger partial charge < -0.3 is 10.1 Å². The van der Waals surface area contributed by atoms with Gasteiger partial charge in [0, 0.05) is 33.7 Å². The third-order valence-electron chi connectivity index (χ3n) is 4.22. The molecule has 7 nitrogen and oxygen atoms in total. The Morgan fingerprint density at radius 2 is 2.16 bits per heavy atom. The number of nitrogens with zero attached hydrogens (tertiary/aromatic N) is 2. The SMILES string of the molecule is CCOc1cccc(CNC(=O)C2CCCN(S(=O)(=O)N(C)C)C2)c1. The number of piperidine rings is 1. The number of amides is 1. The summed E-state index contributed by atoms with van der Waals surface area (Å²) in [7, 11) is -0.467. The first-order chi connectivity index (χ1) is 11.8. The monoisotopic (exact) mass is 369 g/mol. The van der Waals surface area contributed by atoms with E-state index >= 15 is 0 Å². The minimum atomic E-state index is -3.48. The summed E-state index contributed by atoms with van der Waals surface area (Å²) in [6.07, 6.45) is 1.38. The molecule has 25 heavy (non-hydrogen) atoms. The van der Waals surface area contributed by atoms with Crippen LogP contribution in [0.3, 0.4) is 0 Å². The van der Waals surface area contributed by atoms with Crippen LogP contribution in [0.25, 0.3) is 0 Å². The molecule has 0 aliphatic carbocycles. The van der Waals surface area contributed by atoms with Gasteiger partial charge in [0.2, 0.25) is 5.91 Å². The molecule has 1 aromatic rings. The Labute approximate surface area is 150 Å². The molecule has 1 N–H and O–H groups in total. The molecular weight excluding hydrogens is 342 g/mol. The predicted octanol–water partition coefficient (Wildman–Crippen LogP) is 1.22. The second kappa shape index (κ2) is 8.64. The van der Waals surface area contributed by atoms with Crippen molar-refractivity contribution >= 4 is 16.1 Å². The summed E-state index contributed by atoms with van der Waals surface area (Å²) in [6, 6.07) is 7.58. The second-order valence-electron chi connectivity index (χ2n) is 6.29. The van der Waals surface area contributed by atoms with Gasteiger partial charge in [-0.25, -0.2) is 0 Å². The highest BCUT2D eigenvalue weighted by Gasteiger charge is 2.33. The molecule has 1 heterocycles. The zero-order valence-corrected chi connectivity index (χ0v) is 15.9. The molecule has 0 spiro atoms. The highest BCUT2D eigenvalue weighted by molar-refractivity contribution is 7.86. The van der Waals surface area contributed by atoms with Crippen LogP contribution in [-0.2, 0) is 21.5 Å². The van der Waals surface area contributed by atoms with Crippen molar-refractivity contribution in [2.24, 2.45) is 5.92 Å². The van der Waals surface area contributed by atoms with Crippen LogP contribution in [0.4, 0.5) is 0 Å². The van der Waals surface area contributed by atoms with Gasteiger partial charge in [0.1, 0.15) is 5.75 Å². The molecule has 1 aromatic carbocycles. The van der Waals surface area contributed by atoms with E-state index in [9.17, 15) is 13.2 Å². The fraction of sp³-hybridized carbons (Fsp3) is 0.588. The Balaban J connectivity index is 1.93. The van der Waals surface area contributed by atoms with E-state index < -0.39 is 10.2 Å². The first kappa shape index (κ1) is 19.7. The van der Waals surface area contributed by atoms with Gasteiger partial charge in [-0.2, -0.15) is 17.0 Å². The standard InChI is InChI=1S/C17H27N3O4S/c1-4-24-16-9-5-7-14(11-16)12-18-17(21)15-8-6-10-20(13-15)25(22,23)19(2)3/h5,7,9,11,15H,4,6,8,10,12-13H2,1-3H3,(H,18,21). The average Bonchev–Trinajstić information content (AvgIpc) is 2.60. The molecule has 1 amide bonds. The normalized spacial score (nSPS) is 19.0. The third-order valence-corrected chi connectivity index (χ3v) is 6.13.